The van der Waals surface area contributed by atoms with Gasteiger partial charge in [0.15, 0.2) is 0 Å². The topological polar surface area (TPSA) is 71.1 Å². The molecule has 0 unspecified atom stereocenters. The summed E-state index contributed by atoms with van der Waals surface area (Å²) >= 11 is -2.33. The predicted octanol–water partition coefficient (Wildman–Crippen LogP) is -0.625. The van der Waals surface area contributed by atoms with Crippen LogP contribution in [0.1, 0.15) is 0 Å². The summed E-state index contributed by atoms with van der Waals surface area (Å²) in [5, 5.41) is 0. The SMILES string of the molecule is O=C1[O][Pb][O]1.O=C1[O][Pb][O]1. The first-order chi connectivity index (χ1) is 4.79. The van der Waals surface area contributed by atoms with Gasteiger partial charge in [0.25, 0.3) is 0 Å². The standard InChI is InChI=1S/2CH2O3.2Pb/c2*2-1(3)4;;/h2*(H2,2,3,4);;/q;;2*+2/p-4. The zero-order valence-corrected chi connectivity index (χ0v) is 12.2. The normalized spacial score (nSPS) is 18.8. The molecule has 2 heterocycles. The van der Waals surface area contributed by atoms with Gasteiger partial charge < -0.3 is 0 Å². The Morgan fingerprint density at radius 2 is 1.00 bits per heavy atom. The fourth-order valence-corrected chi connectivity index (χ4v) is 1.33. The molecular weight excluding hydrogens is 534 g/mol. The fraction of sp³-hybridized carbons (Fsp3) is 0. The van der Waals surface area contributed by atoms with Gasteiger partial charge in [-0.25, -0.2) is 0 Å². The van der Waals surface area contributed by atoms with Crippen molar-refractivity contribution in [1.82, 2.24) is 0 Å². The molecule has 0 aromatic carbocycles. The maximum absolute atomic E-state index is 9.50. The third-order valence-electron chi connectivity index (χ3n) is 0.500. The molecular formula is C2O6Pb2. The molecule has 10 heavy (non-hydrogen) atoms. The van der Waals surface area contributed by atoms with Crippen LogP contribution in [0, 0.1) is 0 Å². The van der Waals surface area contributed by atoms with E-state index in [1.165, 1.54) is 0 Å². The van der Waals surface area contributed by atoms with Crippen molar-refractivity contribution < 1.29 is 20.3 Å². The summed E-state index contributed by atoms with van der Waals surface area (Å²) in [6, 6.07) is 0. The average molecular weight is 534 g/mol. The van der Waals surface area contributed by atoms with E-state index in [0.29, 0.717) is 0 Å². The van der Waals surface area contributed by atoms with E-state index in [4.69, 9.17) is 0 Å². The molecule has 0 atom stereocenters. The molecule has 2 aliphatic rings. The first-order valence-corrected chi connectivity index (χ1v) is 8.39. The summed E-state index contributed by atoms with van der Waals surface area (Å²) in [6.45, 7) is 0. The Balaban J connectivity index is 0.0000001000. The Morgan fingerprint density at radius 3 is 1.00 bits per heavy atom. The predicted molar refractivity (Wildman–Crippen MR) is 26.6 cm³/mol. The van der Waals surface area contributed by atoms with Crippen molar-refractivity contribution in [2.45, 2.75) is 0 Å². The first kappa shape index (κ1) is 8.48. The molecule has 0 aromatic heterocycles. The molecule has 0 spiro atoms. The van der Waals surface area contributed by atoms with Gasteiger partial charge in [0.05, 0.1) is 0 Å². The van der Waals surface area contributed by atoms with Crippen LogP contribution in [0.2, 0.25) is 0 Å². The minimum atomic E-state index is -1.16. The molecule has 52 valence electrons. The molecule has 8 heteroatoms. The van der Waals surface area contributed by atoms with Crippen LogP contribution in [-0.2, 0) is 10.7 Å². The van der Waals surface area contributed by atoms with Crippen LogP contribution >= 0.6 is 0 Å². The fourth-order valence-electron chi connectivity index (χ4n) is 0.151. The van der Waals surface area contributed by atoms with Crippen molar-refractivity contribution in [3.05, 3.63) is 0 Å². The Hall–Kier alpha value is 0.384. The van der Waals surface area contributed by atoms with Gasteiger partial charge in [-0.3, -0.25) is 0 Å². The van der Waals surface area contributed by atoms with E-state index in [9.17, 15) is 9.59 Å². The summed E-state index contributed by atoms with van der Waals surface area (Å²) in [4.78, 5) is 19.0. The molecule has 0 aromatic rings. The van der Waals surface area contributed by atoms with Gasteiger partial charge >= 0.3 is 82.9 Å². The molecule has 0 saturated carbocycles. The van der Waals surface area contributed by atoms with Crippen LogP contribution in [0.25, 0.3) is 0 Å². The van der Waals surface area contributed by atoms with E-state index >= 15 is 0 Å². The Kier molecular flexibility index (Phi) is 3.65. The Bertz CT molecular complexity index is 126. The van der Waals surface area contributed by atoms with Crippen LogP contribution in [-0.4, -0.2) is 62.6 Å². The molecule has 0 N–H and O–H groups in total. The number of rotatable bonds is 0. The monoisotopic (exact) mass is 536 g/mol. The summed E-state index contributed by atoms with van der Waals surface area (Å²) in [5.41, 5.74) is 0. The number of carbonyl (C=O) groups excluding carboxylic acids is 2. The minimum absolute atomic E-state index is 0.478. The van der Waals surface area contributed by atoms with Crippen molar-refractivity contribution >= 4 is 62.6 Å². The van der Waals surface area contributed by atoms with Crippen LogP contribution in [0.5, 0.6) is 0 Å². The summed E-state index contributed by atoms with van der Waals surface area (Å²) < 4.78 is 17.1. The maximum atomic E-state index is 9.50. The third kappa shape index (κ3) is 2.98. The van der Waals surface area contributed by atoms with E-state index in [1.54, 1.807) is 0 Å². The van der Waals surface area contributed by atoms with Crippen LogP contribution < -0.4 is 0 Å². The second-order valence-corrected chi connectivity index (χ2v) is 5.54. The summed E-state index contributed by atoms with van der Waals surface area (Å²) in [6.07, 6.45) is -0.957. The van der Waals surface area contributed by atoms with Crippen molar-refractivity contribution in [2.75, 3.05) is 0 Å². The number of hydrogen-bond donors (Lipinski definition) is 0. The molecule has 2 fully saturated rings. The van der Waals surface area contributed by atoms with Gasteiger partial charge in [0.1, 0.15) is 0 Å². The zero-order valence-electron chi connectivity index (χ0n) is 4.45. The van der Waals surface area contributed by atoms with Crippen LogP contribution in [0.15, 0.2) is 0 Å². The Labute approximate surface area is 82.2 Å². The molecule has 6 nitrogen and oxygen atoms in total. The van der Waals surface area contributed by atoms with E-state index in [1.807, 2.05) is 0 Å². The van der Waals surface area contributed by atoms with E-state index in [-0.39, 0.29) is 0 Å². The van der Waals surface area contributed by atoms with Crippen LogP contribution in [0.4, 0.5) is 9.59 Å². The average Bonchev–Trinajstić information content (AvgIpc) is 1.80. The molecule has 4 radical (unpaired) electrons. The quantitative estimate of drug-likeness (QED) is 0.386. The number of hydrogen-bond acceptors (Lipinski definition) is 6. The molecule has 0 amide bonds. The van der Waals surface area contributed by atoms with Gasteiger partial charge in [-0.2, -0.15) is 0 Å². The van der Waals surface area contributed by atoms with Crippen LogP contribution in [0.3, 0.4) is 0 Å². The van der Waals surface area contributed by atoms with Crippen molar-refractivity contribution in [1.29, 1.82) is 0 Å². The zero-order chi connectivity index (χ0) is 7.40. The molecule has 2 saturated heterocycles. The van der Waals surface area contributed by atoms with Crippen molar-refractivity contribution in [2.24, 2.45) is 0 Å². The molecule has 2 aliphatic heterocycles. The molecule has 0 bridgehead atoms. The van der Waals surface area contributed by atoms with Crippen molar-refractivity contribution in [3.63, 3.8) is 0 Å². The van der Waals surface area contributed by atoms with Crippen molar-refractivity contribution in [3.8, 4) is 0 Å². The second kappa shape index (κ2) is 4.30. The van der Waals surface area contributed by atoms with E-state index < -0.39 is 62.6 Å². The number of carbonyl (C=O) groups is 2. The van der Waals surface area contributed by atoms with Gasteiger partial charge in [-0.05, 0) is 0 Å². The first-order valence-electron chi connectivity index (χ1n) is 2.04. The van der Waals surface area contributed by atoms with Gasteiger partial charge in [0.2, 0.25) is 0 Å². The van der Waals surface area contributed by atoms with Gasteiger partial charge in [-0.15, -0.1) is 0 Å². The Morgan fingerprint density at radius 1 is 0.800 bits per heavy atom. The van der Waals surface area contributed by atoms with E-state index in [2.05, 4.69) is 10.7 Å². The van der Waals surface area contributed by atoms with Gasteiger partial charge in [0, 0.05) is 0 Å². The van der Waals surface area contributed by atoms with Gasteiger partial charge in [-0.1, -0.05) is 0 Å². The van der Waals surface area contributed by atoms with E-state index in [0.717, 1.165) is 0 Å². The molecule has 0 aliphatic carbocycles. The summed E-state index contributed by atoms with van der Waals surface area (Å²) in [7, 11) is 0. The summed E-state index contributed by atoms with van der Waals surface area (Å²) in [5.74, 6) is 0. The third-order valence-corrected chi connectivity index (χ3v) is 4.39. The second-order valence-electron chi connectivity index (χ2n) is 1.07. The molecule has 2 rings (SSSR count).